The van der Waals surface area contributed by atoms with E-state index in [9.17, 15) is 4.79 Å². The van der Waals surface area contributed by atoms with E-state index in [1.165, 1.54) is 68.3 Å². The summed E-state index contributed by atoms with van der Waals surface area (Å²) >= 11 is 0. The summed E-state index contributed by atoms with van der Waals surface area (Å²) in [7, 11) is 0. The summed E-state index contributed by atoms with van der Waals surface area (Å²) in [4.78, 5) is 14.9. The number of hydrogen-bond acceptors (Lipinski definition) is 7. The number of fused-ring (bicyclic) bond motifs is 2. The Labute approximate surface area is 319 Å². The van der Waals surface area contributed by atoms with Gasteiger partial charge in [-0.1, -0.05) is 46.6 Å². The van der Waals surface area contributed by atoms with Crippen molar-refractivity contribution in [3.63, 3.8) is 0 Å². The average Bonchev–Trinajstić information content (AvgIpc) is 3.65. The number of rotatable bonds is 14. The normalized spacial score (nSPS) is 25.2. The minimum atomic E-state index is 0.201. The van der Waals surface area contributed by atoms with Gasteiger partial charge in [0.25, 0.3) is 0 Å². The molecule has 0 spiro atoms. The Morgan fingerprint density at radius 2 is 1.21 bits per heavy atom. The van der Waals surface area contributed by atoms with E-state index in [4.69, 9.17) is 17.2 Å². The summed E-state index contributed by atoms with van der Waals surface area (Å²) in [6, 6.07) is 3.40. The maximum Gasteiger partial charge on any atom is 0.134 e. The summed E-state index contributed by atoms with van der Waals surface area (Å²) < 4.78 is 0. The molecule has 298 valence electrons. The van der Waals surface area contributed by atoms with Crippen LogP contribution < -0.4 is 33.2 Å². The van der Waals surface area contributed by atoms with Crippen LogP contribution in [0.2, 0.25) is 0 Å². The van der Waals surface area contributed by atoms with Crippen LogP contribution in [0.3, 0.4) is 0 Å². The number of nitrogens with one attached hydrogen (secondary N) is 4. The van der Waals surface area contributed by atoms with Gasteiger partial charge in [-0.2, -0.15) is 0 Å². The first-order chi connectivity index (χ1) is 24.8. The number of allylic oxidation sites excluding steroid dienone is 4. The number of carbonyl (C=O) groups excluding carboxylic acids is 1. The van der Waals surface area contributed by atoms with Crippen LogP contribution in [-0.2, 0) is 17.6 Å². The van der Waals surface area contributed by atoms with Crippen molar-refractivity contribution in [2.45, 2.75) is 226 Å². The van der Waals surface area contributed by atoms with E-state index in [1.807, 2.05) is 0 Å². The van der Waals surface area contributed by atoms with Gasteiger partial charge in [0, 0.05) is 84.2 Å². The highest BCUT2D eigenvalue weighted by molar-refractivity contribution is 5.83. The standard InChI is InChI=1S/C17H23N.C16H36N4.C11H22N2O/c1-5-12-9-14-13(10(12)3)7-8-16-17(14)11(4)15(6-2)18-16;1-5-15(17)11(3)19-13-8-7-9-14(10-13)20-12(4)16(18)6-2;1-3-11(12)8(2)13-9-5-4-6-10(14)7-9/h18H,5-9H2,1-4H3;11-16,19-20H,5-10,17-18H2,1-4H3;8-9,11,13H,3-7,12H2,1-2H3. The van der Waals surface area contributed by atoms with E-state index in [1.54, 1.807) is 27.9 Å². The largest absolute Gasteiger partial charge is 0.362 e. The first-order valence-corrected chi connectivity index (χ1v) is 21.5. The maximum absolute atomic E-state index is 11.2. The summed E-state index contributed by atoms with van der Waals surface area (Å²) in [6.45, 7) is 22.1. The van der Waals surface area contributed by atoms with Crippen molar-refractivity contribution in [3.8, 4) is 0 Å². The van der Waals surface area contributed by atoms with Crippen LogP contribution in [0.25, 0.3) is 5.57 Å². The number of nitrogens with two attached hydrogens (primary N) is 3. The fourth-order valence-corrected chi connectivity index (χ4v) is 8.98. The number of hydrogen-bond donors (Lipinski definition) is 7. The van der Waals surface area contributed by atoms with Crippen molar-refractivity contribution in [3.05, 3.63) is 39.2 Å². The number of aryl methyl sites for hydroxylation is 2. The highest BCUT2D eigenvalue weighted by Gasteiger charge is 2.30. The van der Waals surface area contributed by atoms with Crippen LogP contribution in [0, 0.1) is 6.92 Å². The van der Waals surface area contributed by atoms with Crippen LogP contribution in [0.1, 0.15) is 175 Å². The molecule has 1 aromatic rings. The summed E-state index contributed by atoms with van der Waals surface area (Å²) in [6.07, 6.45) is 17.7. The van der Waals surface area contributed by atoms with Crippen molar-refractivity contribution in [1.82, 2.24) is 20.9 Å². The Bertz CT molecular complexity index is 1290. The maximum atomic E-state index is 11.2. The fourth-order valence-electron chi connectivity index (χ4n) is 8.98. The van der Waals surface area contributed by atoms with E-state index in [-0.39, 0.29) is 18.1 Å². The van der Waals surface area contributed by atoms with Crippen molar-refractivity contribution < 1.29 is 4.79 Å². The van der Waals surface area contributed by atoms with E-state index >= 15 is 0 Å². The van der Waals surface area contributed by atoms with Crippen molar-refractivity contribution >= 4 is 11.4 Å². The van der Waals surface area contributed by atoms with E-state index in [2.05, 4.69) is 90.2 Å². The first-order valence-electron chi connectivity index (χ1n) is 21.5. The van der Waals surface area contributed by atoms with Crippen LogP contribution in [-0.4, -0.2) is 65.1 Å². The molecule has 8 nitrogen and oxygen atoms in total. The van der Waals surface area contributed by atoms with Gasteiger partial charge in [0.15, 0.2) is 0 Å². The van der Waals surface area contributed by atoms with Crippen molar-refractivity contribution in [2.75, 3.05) is 0 Å². The third-order valence-corrected chi connectivity index (χ3v) is 12.9. The number of H-pyrrole nitrogens is 1. The second-order valence-corrected chi connectivity index (χ2v) is 16.6. The quantitative estimate of drug-likeness (QED) is 0.104. The second kappa shape index (κ2) is 21.9. The van der Waals surface area contributed by atoms with Gasteiger partial charge in [0.05, 0.1) is 0 Å². The van der Waals surface area contributed by atoms with Gasteiger partial charge in [0.2, 0.25) is 0 Å². The molecule has 8 heteroatoms. The Morgan fingerprint density at radius 1 is 0.692 bits per heavy atom. The van der Waals surface area contributed by atoms with E-state index in [0.717, 1.165) is 44.9 Å². The van der Waals surface area contributed by atoms with Gasteiger partial charge >= 0.3 is 0 Å². The zero-order valence-electron chi connectivity index (χ0n) is 35.2. The molecular formula is C44H81N7O. The van der Waals surface area contributed by atoms with Crippen molar-refractivity contribution in [2.24, 2.45) is 17.2 Å². The summed E-state index contributed by atoms with van der Waals surface area (Å²) in [5, 5.41) is 10.9. The molecule has 0 bridgehead atoms. The van der Waals surface area contributed by atoms with E-state index in [0.29, 0.717) is 48.5 Å². The predicted octanol–water partition coefficient (Wildman–Crippen LogP) is 7.66. The minimum absolute atomic E-state index is 0.201. The third-order valence-electron chi connectivity index (χ3n) is 12.9. The molecule has 0 radical (unpaired) electrons. The highest BCUT2D eigenvalue weighted by Crippen LogP contribution is 2.47. The number of Topliss-reactive ketones (excluding diaryl/α,β-unsaturated/α-hetero) is 1. The zero-order valence-corrected chi connectivity index (χ0v) is 35.2. The molecule has 10 N–H and O–H groups in total. The number of aromatic amines is 1. The minimum Gasteiger partial charge on any atom is -0.362 e. The molecule has 2 fully saturated rings. The molecule has 4 aliphatic rings. The molecular weight excluding hydrogens is 643 g/mol. The summed E-state index contributed by atoms with van der Waals surface area (Å²) in [5.74, 6) is 0.394. The third kappa shape index (κ3) is 12.4. The fraction of sp³-hybridized carbons (Fsp3) is 0.795. The zero-order chi connectivity index (χ0) is 38.5. The molecule has 9 unspecified atom stereocenters. The van der Waals surface area contributed by atoms with Crippen LogP contribution in [0.15, 0.2) is 16.7 Å². The molecule has 4 aliphatic carbocycles. The van der Waals surface area contributed by atoms with Crippen LogP contribution in [0.4, 0.5) is 0 Å². The van der Waals surface area contributed by atoms with Gasteiger partial charge < -0.3 is 38.1 Å². The topological polar surface area (TPSA) is 147 Å². The van der Waals surface area contributed by atoms with Crippen LogP contribution >= 0.6 is 0 Å². The molecule has 2 saturated carbocycles. The molecule has 9 atom stereocenters. The van der Waals surface area contributed by atoms with E-state index < -0.39 is 0 Å². The SMILES string of the molecule is CCC(N)C(C)NC1CCCC(=O)C1.CCC(N)C(C)NC1CCCC(NC(C)C(N)CC)C1.CCC1=C(C)C2=C(C1)c1c([nH]c(CC)c1C)CC2. The molecule has 52 heavy (non-hydrogen) atoms. The van der Waals surface area contributed by atoms with Crippen LogP contribution in [0.5, 0.6) is 0 Å². The Kier molecular flexibility index (Phi) is 18.8. The molecule has 0 saturated heterocycles. The van der Waals surface area contributed by atoms with Gasteiger partial charge in [-0.15, -0.1) is 0 Å². The van der Waals surface area contributed by atoms with Gasteiger partial charge in [0.1, 0.15) is 5.78 Å². The highest BCUT2D eigenvalue weighted by atomic mass is 16.1. The molecule has 1 heterocycles. The number of carbonyl (C=O) groups is 1. The lowest BCUT2D eigenvalue weighted by atomic mass is 9.87. The molecule has 0 aliphatic heterocycles. The monoisotopic (exact) mass is 724 g/mol. The molecule has 0 amide bonds. The van der Waals surface area contributed by atoms with Gasteiger partial charge in [-0.05, 0) is 140 Å². The lowest BCUT2D eigenvalue weighted by Gasteiger charge is -2.36. The number of aromatic nitrogens is 1. The van der Waals surface area contributed by atoms with Gasteiger partial charge in [-0.3, -0.25) is 4.79 Å². The molecule has 1 aromatic heterocycles. The number of ketones is 1. The first kappa shape index (κ1) is 44.6. The van der Waals surface area contributed by atoms with Gasteiger partial charge in [-0.25, -0.2) is 0 Å². The smallest absolute Gasteiger partial charge is 0.134 e. The predicted molar refractivity (Wildman–Crippen MR) is 224 cm³/mol. The second-order valence-electron chi connectivity index (χ2n) is 16.6. The van der Waals surface area contributed by atoms with Crippen molar-refractivity contribution in [1.29, 1.82) is 0 Å². The Hall–Kier alpha value is -1.81. The Morgan fingerprint density at radius 3 is 1.69 bits per heavy atom. The lowest BCUT2D eigenvalue weighted by molar-refractivity contribution is -0.120. The average molecular weight is 724 g/mol. The molecule has 0 aromatic carbocycles. The molecule has 5 rings (SSSR count). The summed E-state index contributed by atoms with van der Waals surface area (Å²) in [5.41, 5.74) is 30.7. The lowest BCUT2D eigenvalue weighted by Crippen LogP contribution is -2.53. The Balaban J connectivity index is 0.000000214.